The highest BCUT2D eigenvalue weighted by atomic mass is 32.2. The molecule has 1 aromatic heterocycles. The number of rotatable bonds is 3. The van der Waals surface area contributed by atoms with Gasteiger partial charge in [-0.3, -0.25) is 4.79 Å². The van der Waals surface area contributed by atoms with Crippen molar-refractivity contribution in [3.05, 3.63) is 17.0 Å². The molecule has 1 fully saturated rings. The van der Waals surface area contributed by atoms with Crippen LogP contribution in [0.15, 0.2) is 16.3 Å². The van der Waals surface area contributed by atoms with Crippen LogP contribution in [0.5, 0.6) is 0 Å². The number of amides is 1. The lowest BCUT2D eigenvalue weighted by molar-refractivity contribution is -0.121. The predicted octanol–water partition coefficient (Wildman–Crippen LogP) is 0.613. The first-order valence-electron chi connectivity index (χ1n) is 5.35. The molecule has 0 aliphatic carbocycles. The predicted molar refractivity (Wildman–Crippen MR) is 65.4 cm³/mol. The average molecular weight is 274 g/mol. The van der Waals surface area contributed by atoms with E-state index in [1.54, 1.807) is 6.07 Å². The van der Waals surface area contributed by atoms with Gasteiger partial charge in [0, 0.05) is 4.88 Å². The number of carbonyl (C=O) groups excluding carboxylic acids is 1. The molecule has 1 saturated heterocycles. The van der Waals surface area contributed by atoms with Crippen molar-refractivity contribution in [1.82, 2.24) is 10.0 Å². The van der Waals surface area contributed by atoms with Crippen LogP contribution in [0.1, 0.15) is 17.7 Å². The largest absolute Gasteiger partial charge is 0.306 e. The Hall–Kier alpha value is -0.920. The number of hydrogen-bond acceptors (Lipinski definition) is 5. The molecule has 1 aliphatic heterocycles. The highest BCUT2D eigenvalue weighted by Gasteiger charge is 2.27. The van der Waals surface area contributed by atoms with Crippen LogP contribution in [-0.4, -0.2) is 26.9 Å². The van der Waals surface area contributed by atoms with Gasteiger partial charge in [-0.2, -0.15) is 0 Å². The third kappa shape index (κ3) is 2.85. The van der Waals surface area contributed by atoms with Crippen molar-refractivity contribution in [2.75, 3.05) is 6.54 Å². The molecular weight excluding hydrogens is 260 g/mol. The zero-order valence-electron chi connectivity index (χ0n) is 9.39. The van der Waals surface area contributed by atoms with Gasteiger partial charge in [0.15, 0.2) is 0 Å². The van der Waals surface area contributed by atoms with Gasteiger partial charge >= 0.3 is 0 Å². The third-order valence-electron chi connectivity index (χ3n) is 2.59. The molecule has 1 aromatic rings. The fraction of sp³-hybridized carbons (Fsp3) is 0.500. The van der Waals surface area contributed by atoms with E-state index in [2.05, 4.69) is 10.0 Å². The van der Waals surface area contributed by atoms with Crippen LogP contribution in [-0.2, 0) is 14.8 Å². The summed E-state index contributed by atoms with van der Waals surface area (Å²) in [4.78, 5) is 12.6. The lowest BCUT2D eigenvalue weighted by atomic mass is 10.2. The third-order valence-corrected chi connectivity index (χ3v) is 5.43. The molecule has 0 radical (unpaired) electrons. The van der Waals surface area contributed by atoms with Gasteiger partial charge in [-0.05, 0) is 38.4 Å². The van der Waals surface area contributed by atoms with Gasteiger partial charge in [-0.15, -0.1) is 11.3 Å². The van der Waals surface area contributed by atoms with E-state index in [1.165, 1.54) is 6.07 Å². The second-order valence-corrected chi connectivity index (χ2v) is 7.18. The summed E-state index contributed by atoms with van der Waals surface area (Å²) in [5, 5.41) is 2.96. The molecule has 1 amide bonds. The SMILES string of the molecule is Cc1ccc(S(=O)(=O)NC(=O)[C@@H]2CCCN2)s1. The van der Waals surface area contributed by atoms with E-state index in [1.807, 2.05) is 6.92 Å². The van der Waals surface area contributed by atoms with Crippen LogP contribution in [0.2, 0.25) is 0 Å². The van der Waals surface area contributed by atoms with Gasteiger partial charge in [0.1, 0.15) is 4.21 Å². The molecule has 0 unspecified atom stereocenters. The summed E-state index contributed by atoms with van der Waals surface area (Å²) in [6, 6.07) is 2.85. The Kier molecular flexibility index (Phi) is 3.50. The maximum absolute atomic E-state index is 11.9. The van der Waals surface area contributed by atoms with E-state index >= 15 is 0 Å². The van der Waals surface area contributed by atoms with E-state index in [-0.39, 0.29) is 10.3 Å². The summed E-state index contributed by atoms with van der Waals surface area (Å²) in [6.45, 7) is 2.58. The fourth-order valence-electron chi connectivity index (χ4n) is 1.72. The monoisotopic (exact) mass is 274 g/mol. The van der Waals surface area contributed by atoms with E-state index < -0.39 is 15.9 Å². The highest BCUT2D eigenvalue weighted by molar-refractivity contribution is 7.92. The van der Waals surface area contributed by atoms with Gasteiger partial charge in [-0.1, -0.05) is 0 Å². The van der Waals surface area contributed by atoms with Crippen molar-refractivity contribution in [1.29, 1.82) is 0 Å². The summed E-state index contributed by atoms with van der Waals surface area (Å²) in [6.07, 6.45) is 1.58. The van der Waals surface area contributed by atoms with Gasteiger partial charge in [0.05, 0.1) is 6.04 Å². The van der Waals surface area contributed by atoms with Crippen molar-refractivity contribution in [2.45, 2.75) is 30.0 Å². The Morgan fingerprint density at radius 3 is 2.82 bits per heavy atom. The van der Waals surface area contributed by atoms with E-state index in [0.29, 0.717) is 6.42 Å². The standard InChI is InChI=1S/C10H14N2O3S2/c1-7-4-5-9(16-7)17(14,15)12-10(13)8-3-2-6-11-8/h4-5,8,11H,2-3,6H2,1H3,(H,12,13)/t8-/m0/s1. The smallest absolute Gasteiger partial charge is 0.273 e. The van der Waals surface area contributed by atoms with Crippen LogP contribution < -0.4 is 10.0 Å². The summed E-state index contributed by atoms with van der Waals surface area (Å²) >= 11 is 1.16. The molecule has 94 valence electrons. The van der Waals surface area contributed by atoms with E-state index in [0.717, 1.165) is 29.2 Å². The Labute approximate surface area is 104 Å². The quantitative estimate of drug-likeness (QED) is 0.847. The summed E-state index contributed by atoms with van der Waals surface area (Å²) in [7, 11) is -3.70. The molecule has 0 spiro atoms. The van der Waals surface area contributed by atoms with Gasteiger partial charge in [0.2, 0.25) is 0 Å². The molecule has 0 saturated carbocycles. The second kappa shape index (κ2) is 4.75. The molecule has 5 nitrogen and oxygen atoms in total. The number of thiophene rings is 1. The van der Waals surface area contributed by atoms with Crippen LogP contribution in [0.3, 0.4) is 0 Å². The van der Waals surface area contributed by atoms with Crippen molar-refractivity contribution in [3.63, 3.8) is 0 Å². The van der Waals surface area contributed by atoms with Crippen molar-refractivity contribution in [2.24, 2.45) is 0 Å². The molecule has 17 heavy (non-hydrogen) atoms. The molecule has 2 heterocycles. The minimum atomic E-state index is -3.70. The van der Waals surface area contributed by atoms with Crippen LogP contribution in [0, 0.1) is 6.92 Å². The number of hydrogen-bond donors (Lipinski definition) is 2. The van der Waals surface area contributed by atoms with Gasteiger partial charge in [0.25, 0.3) is 15.9 Å². The number of aryl methyl sites for hydroxylation is 1. The highest BCUT2D eigenvalue weighted by Crippen LogP contribution is 2.20. The minimum absolute atomic E-state index is 0.182. The summed E-state index contributed by atoms with van der Waals surface area (Å²) in [5.74, 6) is -0.464. The normalized spacial score (nSPS) is 20.4. The Morgan fingerprint density at radius 2 is 2.29 bits per heavy atom. The zero-order valence-corrected chi connectivity index (χ0v) is 11.0. The van der Waals surface area contributed by atoms with Gasteiger partial charge in [-0.25, -0.2) is 13.1 Å². The van der Waals surface area contributed by atoms with E-state index in [9.17, 15) is 13.2 Å². The molecule has 0 bridgehead atoms. The van der Waals surface area contributed by atoms with Crippen LogP contribution >= 0.6 is 11.3 Å². The average Bonchev–Trinajstić information content (AvgIpc) is 2.86. The first kappa shape index (κ1) is 12.5. The lowest BCUT2D eigenvalue weighted by Crippen LogP contribution is -2.42. The lowest BCUT2D eigenvalue weighted by Gasteiger charge is -2.10. The molecule has 2 N–H and O–H groups in total. The minimum Gasteiger partial charge on any atom is -0.306 e. The number of sulfonamides is 1. The summed E-state index contributed by atoms with van der Waals surface area (Å²) < 4.78 is 26.0. The van der Waals surface area contributed by atoms with E-state index in [4.69, 9.17) is 0 Å². The van der Waals surface area contributed by atoms with Crippen molar-refractivity contribution in [3.8, 4) is 0 Å². The molecule has 1 aliphatic rings. The first-order chi connectivity index (χ1) is 7.99. The van der Waals surface area contributed by atoms with Crippen molar-refractivity contribution >= 4 is 27.3 Å². The van der Waals surface area contributed by atoms with Crippen molar-refractivity contribution < 1.29 is 13.2 Å². The van der Waals surface area contributed by atoms with Gasteiger partial charge < -0.3 is 5.32 Å². The summed E-state index contributed by atoms with van der Waals surface area (Å²) in [5.41, 5.74) is 0. The Balaban J connectivity index is 2.09. The molecule has 0 aromatic carbocycles. The van der Waals surface area contributed by atoms with Crippen LogP contribution in [0.4, 0.5) is 0 Å². The molecule has 2 rings (SSSR count). The molecule has 7 heteroatoms. The number of carbonyl (C=O) groups is 1. The first-order valence-corrected chi connectivity index (χ1v) is 7.65. The maximum Gasteiger partial charge on any atom is 0.273 e. The fourth-order valence-corrected chi connectivity index (χ4v) is 4.02. The topological polar surface area (TPSA) is 75.3 Å². The Bertz CT molecular complexity index is 515. The molecular formula is C10H14N2O3S2. The second-order valence-electron chi connectivity index (χ2n) is 3.98. The zero-order chi connectivity index (χ0) is 12.5. The van der Waals surface area contributed by atoms with Crippen LogP contribution in [0.25, 0.3) is 0 Å². The number of nitrogens with one attached hydrogen (secondary N) is 2. The maximum atomic E-state index is 11.9. The molecule has 1 atom stereocenters. The Morgan fingerprint density at radius 1 is 1.53 bits per heavy atom.